The van der Waals surface area contributed by atoms with Crippen LogP contribution in [0.4, 0.5) is 0 Å². The molecule has 1 N–H and O–H groups in total. The Balaban J connectivity index is 4.25. The van der Waals surface area contributed by atoms with Gasteiger partial charge in [-0.2, -0.15) is 0 Å². The Morgan fingerprint density at radius 2 is 1.69 bits per heavy atom. The lowest BCUT2D eigenvalue weighted by atomic mass is 9.81. The van der Waals surface area contributed by atoms with Gasteiger partial charge in [-0.05, 0) is 52.9 Å². The third-order valence-corrected chi connectivity index (χ3v) is 2.73. The summed E-state index contributed by atoms with van der Waals surface area (Å²) in [6.07, 6.45) is 4.54. The van der Waals surface area contributed by atoms with E-state index in [1.807, 2.05) is 0 Å². The van der Waals surface area contributed by atoms with E-state index >= 15 is 0 Å². The van der Waals surface area contributed by atoms with Gasteiger partial charge in [-0.1, -0.05) is 32.4 Å². The lowest BCUT2D eigenvalue weighted by Gasteiger charge is -2.36. The van der Waals surface area contributed by atoms with E-state index in [2.05, 4.69) is 66.8 Å². The van der Waals surface area contributed by atoms with Crippen molar-refractivity contribution in [3.8, 4) is 0 Å². The lowest BCUT2D eigenvalue weighted by Crippen LogP contribution is -2.47. The second kappa shape index (κ2) is 5.86. The highest BCUT2D eigenvalue weighted by Gasteiger charge is 2.26. The summed E-state index contributed by atoms with van der Waals surface area (Å²) in [6.45, 7) is 18.1. The Labute approximate surface area is 103 Å². The zero-order valence-electron chi connectivity index (χ0n) is 12.6. The van der Waals surface area contributed by atoms with E-state index in [4.69, 9.17) is 0 Å². The second-order valence-corrected chi connectivity index (χ2v) is 7.01. The zero-order chi connectivity index (χ0) is 13.0. The fourth-order valence-electron chi connectivity index (χ4n) is 2.70. The summed E-state index contributed by atoms with van der Waals surface area (Å²) >= 11 is 0. The Morgan fingerprint density at radius 3 is 2.06 bits per heavy atom. The number of allylic oxidation sites excluding steroid dienone is 1. The number of nitrogens with one attached hydrogen (secondary N) is 1. The topological polar surface area (TPSA) is 12.0 Å². The van der Waals surface area contributed by atoms with Crippen molar-refractivity contribution in [3.05, 3.63) is 11.6 Å². The minimum Gasteiger partial charge on any atom is -0.309 e. The number of hydrogen-bond donors (Lipinski definition) is 1. The van der Waals surface area contributed by atoms with Crippen LogP contribution in [0, 0.1) is 5.41 Å². The highest BCUT2D eigenvalue weighted by Crippen LogP contribution is 2.27. The fraction of sp³-hybridized carbons (Fsp3) is 0.867. The molecule has 96 valence electrons. The van der Waals surface area contributed by atoms with Crippen LogP contribution in [0.3, 0.4) is 0 Å². The summed E-state index contributed by atoms with van der Waals surface area (Å²) in [5.74, 6) is 0. The molecule has 0 aliphatic carbocycles. The van der Waals surface area contributed by atoms with Gasteiger partial charge in [0, 0.05) is 11.6 Å². The molecular formula is C15H31N. The zero-order valence-corrected chi connectivity index (χ0v) is 12.6. The summed E-state index contributed by atoms with van der Waals surface area (Å²) < 4.78 is 0. The summed E-state index contributed by atoms with van der Waals surface area (Å²) in [6, 6.07) is 0.550. The van der Waals surface area contributed by atoms with Crippen LogP contribution in [0.5, 0.6) is 0 Å². The van der Waals surface area contributed by atoms with Gasteiger partial charge in [-0.3, -0.25) is 0 Å². The van der Waals surface area contributed by atoms with Gasteiger partial charge >= 0.3 is 0 Å². The van der Waals surface area contributed by atoms with E-state index in [9.17, 15) is 0 Å². The molecule has 16 heavy (non-hydrogen) atoms. The largest absolute Gasteiger partial charge is 0.309 e. The molecule has 0 fully saturated rings. The minimum absolute atomic E-state index is 0.214. The van der Waals surface area contributed by atoms with E-state index in [-0.39, 0.29) is 5.54 Å². The molecule has 1 nitrogen and oxygen atoms in total. The van der Waals surface area contributed by atoms with Crippen LogP contribution >= 0.6 is 0 Å². The first-order valence-corrected chi connectivity index (χ1v) is 6.45. The molecule has 0 spiro atoms. The second-order valence-electron chi connectivity index (χ2n) is 7.01. The van der Waals surface area contributed by atoms with Crippen LogP contribution < -0.4 is 5.32 Å². The predicted octanol–water partition coefficient (Wildman–Crippen LogP) is 4.54. The summed E-state index contributed by atoms with van der Waals surface area (Å²) in [5, 5.41) is 3.74. The molecule has 0 rings (SSSR count). The Morgan fingerprint density at radius 1 is 1.19 bits per heavy atom. The lowest BCUT2D eigenvalue weighted by molar-refractivity contribution is 0.225. The van der Waals surface area contributed by atoms with Crippen molar-refractivity contribution in [2.75, 3.05) is 0 Å². The minimum atomic E-state index is 0.214. The molecule has 0 heterocycles. The van der Waals surface area contributed by atoms with Crippen LogP contribution in [-0.4, -0.2) is 11.6 Å². The average molecular weight is 225 g/mol. The van der Waals surface area contributed by atoms with Gasteiger partial charge in [0.1, 0.15) is 0 Å². The van der Waals surface area contributed by atoms with Gasteiger partial charge in [0.15, 0.2) is 0 Å². The molecule has 0 aliphatic rings. The van der Waals surface area contributed by atoms with Crippen molar-refractivity contribution in [1.29, 1.82) is 0 Å². The number of rotatable bonds is 5. The smallest absolute Gasteiger partial charge is 0.0132 e. The van der Waals surface area contributed by atoms with Crippen LogP contribution in [0.15, 0.2) is 11.6 Å². The molecule has 0 aromatic rings. The number of hydrogen-bond acceptors (Lipinski definition) is 1. The van der Waals surface area contributed by atoms with Crippen LogP contribution in [0.2, 0.25) is 0 Å². The normalized spacial score (nSPS) is 16.4. The summed E-state index contributed by atoms with van der Waals surface area (Å²) in [4.78, 5) is 0. The van der Waals surface area contributed by atoms with Crippen molar-refractivity contribution in [2.24, 2.45) is 5.41 Å². The van der Waals surface area contributed by atoms with Crippen LogP contribution in [-0.2, 0) is 0 Å². The predicted molar refractivity (Wildman–Crippen MR) is 74.8 cm³/mol. The van der Waals surface area contributed by atoms with Gasteiger partial charge in [-0.15, -0.1) is 0 Å². The Bertz CT molecular complexity index is 230. The van der Waals surface area contributed by atoms with E-state index in [1.165, 1.54) is 12.0 Å². The highest BCUT2D eigenvalue weighted by atomic mass is 15.0. The van der Waals surface area contributed by atoms with E-state index in [0.717, 1.165) is 6.42 Å². The van der Waals surface area contributed by atoms with Crippen molar-refractivity contribution in [2.45, 2.75) is 79.8 Å². The molecule has 0 aliphatic heterocycles. The molecule has 0 saturated carbocycles. The molecule has 1 unspecified atom stereocenters. The standard InChI is InChI=1S/C15H31N/c1-9-12(2)10-13(3)16-15(7,8)11-14(4,5)6/h9,13,16H,10-11H2,1-8H3. The molecule has 0 aromatic carbocycles. The van der Waals surface area contributed by atoms with Gasteiger partial charge < -0.3 is 5.32 Å². The van der Waals surface area contributed by atoms with Gasteiger partial charge in [-0.25, -0.2) is 0 Å². The summed E-state index contributed by atoms with van der Waals surface area (Å²) in [7, 11) is 0. The molecule has 1 atom stereocenters. The fourth-order valence-corrected chi connectivity index (χ4v) is 2.70. The maximum absolute atomic E-state index is 3.74. The average Bonchev–Trinajstić information content (AvgIpc) is 1.97. The molecule has 0 saturated heterocycles. The first kappa shape index (κ1) is 15.7. The van der Waals surface area contributed by atoms with Gasteiger partial charge in [0.2, 0.25) is 0 Å². The molecule has 1 heteroatoms. The van der Waals surface area contributed by atoms with Crippen molar-refractivity contribution < 1.29 is 0 Å². The quantitative estimate of drug-likeness (QED) is 0.678. The van der Waals surface area contributed by atoms with Crippen molar-refractivity contribution in [1.82, 2.24) is 5.32 Å². The van der Waals surface area contributed by atoms with Crippen molar-refractivity contribution >= 4 is 0 Å². The van der Waals surface area contributed by atoms with E-state index in [0.29, 0.717) is 11.5 Å². The van der Waals surface area contributed by atoms with Crippen LogP contribution in [0.1, 0.15) is 68.2 Å². The Kier molecular flexibility index (Phi) is 5.75. The van der Waals surface area contributed by atoms with Gasteiger partial charge in [0.25, 0.3) is 0 Å². The van der Waals surface area contributed by atoms with E-state index in [1.54, 1.807) is 0 Å². The maximum Gasteiger partial charge on any atom is 0.0132 e. The molecule has 0 bridgehead atoms. The monoisotopic (exact) mass is 225 g/mol. The summed E-state index contributed by atoms with van der Waals surface area (Å²) in [5.41, 5.74) is 2.06. The third kappa shape index (κ3) is 7.92. The molecule has 0 radical (unpaired) electrons. The third-order valence-electron chi connectivity index (χ3n) is 2.73. The first-order valence-electron chi connectivity index (χ1n) is 6.45. The molecule has 0 amide bonds. The van der Waals surface area contributed by atoms with Crippen LogP contribution in [0.25, 0.3) is 0 Å². The first-order chi connectivity index (χ1) is 7.06. The SMILES string of the molecule is CC=C(C)CC(C)NC(C)(C)CC(C)(C)C. The Hall–Kier alpha value is -0.300. The van der Waals surface area contributed by atoms with E-state index < -0.39 is 0 Å². The maximum atomic E-state index is 3.74. The van der Waals surface area contributed by atoms with Gasteiger partial charge in [0.05, 0.1) is 0 Å². The molecule has 0 aromatic heterocycles. The van der Waals surface area contributed by atoms with Crippen molar-refractivity contribution in [3.63, 3.8) is 0 Å². The highest BCUT2D eigenvalue weighted by molar-refractivity contribution is 4.99. The molecular weight excluding hydrogens is 194 g/mol.